The van der Waals surface area contributed by atoms with Gasteiger partial charge in [0.15, 0.2) is 10.9 Å². The molecule has 0 fully saturated rings. The summed E-state index contributed by atoms with van der Waals surface area (Å²) in [7, 11) is 1.78. The molecule has 0 radical (unpaired) electrons. The summed E-state index contributed by atoms with van der Waals surface area (Å²) in [4.78, 5) is 9.80. The van der Waals surface area contributed by atoms with Crippen molar-refractivity contribution in [3.63, 3.8) is 0 Å². The molecular formula is C16H20IN5S. The molecule has 0 amide bonds. The van der Waals surface area contributed by atoms with Gasteiger partial charge >= 0.3 is 0 Å². The number of nitrogens with zero attached hydrogens (tertiary/aromatic N) is 3. The van der Waals surface area contributed by atoms with Crippen molar-refractivity contribution in [1.82, 2.24) is 20.0 Å². The second-order valence-corrected chi connectivity index (χ2v) is 5.97. The normalized spacial score (nSPS) is 11.3. The van der Waals surface area contributed by atoms with Crippen LogP contribution in [0.25, 0.3) is 4.96 Å². The van der Waals surface area contributed by atoms with E-state index in [0.717, 1.165) is 23.2 Å². The zero-order valence-corrected chi connectivity index (χ0v) is 16.3. The molecule has 0 aliphatic rings. The predicted molar refractivity (Wildman–Crippen MR) is 107 cm³/mol. The van der Waals surface area contributed by atoms with Gasteiger partial charge < -0.3 is 10.6 Å². The minimum absolute atomic E-state index is 0. The quantitative estimate of drug-likeness (QED) is 0.372. The lowest BCUT2D eigenvalue weighted by Crippen LogP contribution is -2.36. The highest BCUT2D eigenvalue weighted by atomic mass is 127. The molecule has 0 atom stereocenters. The molecule has 3 aromatic rings. The van der Waals surface area contributed by atoms with Crippen molar-refractivity contribution < 1.29 is 0 Å². The molecule has 2 heterocycles. The fourth-order valence-corrected chi connectivity index (χ4v) is 2.98. The van der Waals surface area contributed by atoms with Crippen molar-refractivity contribution in [1.29, 1.82) is 0 Å². The number of rotatable bonds is 4. The smallest absolute Gasteiger partial charge is 0.193 e. The molecule has 0 spiro atoms. The zero-order chi connectivity index (χ0) is 15.4. The van der Waals surface area contributed by atoms with Crippen LogP contribution in [0.1, 0.15) is 16.8 Å². The van der Waals surface area contributed by atoms with Gasteiger partial charge in [-0.15, -0.1) is 35.3 Å². The maximum Gasteiger partial charge on any atom is 0.193 e. The SMILES string of the molecule is CN=C(NCc1cccc(C)c1)NCc1cn2ccsc2n1.I. The Kier molecular flexibility index (Phi) is 6.40. The molecule has 3 rings (SSSR count). The number of nitrogens with one attached hydrogen (secondary N) is 2. The number of guanidine groups is 1. The molecule has 1 aromatic carbocycles. The Bertz CT molecular complexity index is 764. The third-order valence-corrected chi connectivity index (χ3v) is 4.12. The molecule has 0 saturated carbocycles. The predicted octanol–water partition coefficient (Wildman–Crippen LogP) is 3.19. The van der Waals surface area contributed by atoms with Crippen LogP contribution in [-0.2, 0) is 13.1 Å². The van der Waals surface area contributed by atoms with E-state index in [2.05, 4.69) is 51.8 Å². The number of thiazole rings is 1. The molecule has 23 heavy (non-hydrogen) atoms. The number of fused-ring (bicyclic) bond motifs is 1. The van der Waals surface area contributed by atoms with Crippen molar-refractivity contribution >= 4 is 46.2 Å². The first kappa shape index (κ1) is 17.7. The maximum atomic E-state index is 4.55. The van der Waals surface area contributed by atoms with Crippen LogP contribution >= 0.6 is 35.3 Å². The van der Waals surface area contributed by atoms with Crippen LogP contribution in [0.5, 0.6) is 0 Å². The molecule has 0 aliphatic heterocycles. The van der Waals surface area contributed by atoms with Gasteiger partial charge in [0, 0.05) is 31.4 Å². The number of aliphatic imine (C=N–C) groups is 1. The Hall–Kier alpha value is -1.61. The zero-order valence-electron chi connectivity index (χ0n) is 13.1. The van der Waals surface area contributed by atoms with E-state index in [9.17, 15) is 0 Å². The van der Waals surface area contributed by atoms with Gasteiger partial charge in [-0.1, -0.05) is 29.8 Å². The van der Waals surface area contributed by atoms with Crippen LogP contribution in [0.15, 0.2) is 47.0 Å². The lowest BCUT2D eigenvalue weighted by Gasteiger charge is -2.11. The van der Waals surface area contributed by atoms with Crippen molar-refractivity contribution in [2.75, 3.05) is 7.05 Å². The largest absolute Gasteiger partial charge is 0.352 e. The molecule has 0 saturated heterocycles. The lowest BCUT2D eigenvalue weighted by molar-refractivity contribution is 0.798. The number of hydrogen-bond donors (Lipinski definition) is 2. The second-order valence-electron chi connectivity index (χ2n) is 5.09. The number of hydrogen-bond acceptors (Lipinski definition) is 3. The first-order chi connectivity index (χ1) is 10.7. The number of benzene rings is 1. The number of aromatic nitrogens is 2. The maximum absolute atomic E-state index is 4.55. The molecular weight excluding hydrogens is 421 g/mol. The standard InChI is InChI=1S/C16H19N5S.HI/c1-12-4-3-5-13(8-12)9-18-15(17-2)19-10-14-11-21-6-7-22-16(21)20-14;/h3-8,11H,9-10H2,1-2H3,(H2,17,18,19);1H. The Balaban J connectivity index is 0.00000192. The molecule has 122 valence electrons. The summed E-state index contributed by atoms with van der Waals surface area (Å²) in [6.07, 6.45) is 4.05. The molecule has 7 heteroatoms. The van der Waals surface area contributed by atoms with Gasteiger partial charge in [-0.05, 0) is 12.5 Å². The molecule has 2 aromatic heterocycles. The van der Waals surface area contributed by atoms with E-state index in [0.29, 0.717) is 6.54 Å². The number of aryl methyl sites for hydroxylation is 1. The van der Waals surface area contributed by atoms with E-state index >= 15 is 0 Å². The molecule has 2 N–H and O–H groups in total. The first-order valence-corrected chi connectivity index (χ1v) is 8.04. The summed E-state index contributed by atoms with van der Waals surface area (Å²) < 4.78 is 2.03. The van der Waals surface area contributed by atoms with Crippen LogP contribution in [0.2, 0.25) is 0 Å². The highest BCUT2D eigenvalue weighted by Gasteiger charge is 2.04. The molecule has 0 aliphatic carbocycles. The van der Waals surface area contributed by atoms with E-state index in [1.165, 1.54) is 11.1 Å². The number of halogens is 1. The minimum Gasteiger partial charge on any atom is -0.352 e. The minimum atomic E-state index is 0. The summed E-state index contributed by atoms with van der Waals surface area (Å²) in [6, 6.07) is 8.45. The van der Waals surface area contributed by atoms with E-state index < -0.39 is 0 Å². The highest BCUT2D eigenvalue weighted by molar-refractivity contribution is 14.0. The van der Waals surface area contributed by atoms with E-state index in [1.807, 2.05) is 22.2 Å². The van der Waals surface area contributed by atoms with Crippen LogP contribution in [-0.4, -0.2) is 22.4 Å². The third-order valence-electron chi connectivity index (χ3n) is 3.35. The van der Waals surface area contributed by atoms with Crippen LogP contribution < -0.4 is 10.6 Å². The molecule has 0 bridgehead atoms. The van der Waals surface area contributed by atoms with E-state index in [-0.39, 0.29) is 24.0 Å². The fraction of sp³-hybridized carbons (Fsp3) is 0.250. The first-order valence-electron chi connectivity index (χ1n) is 7.16. The highest BCUT2D eigenvalue weighted by Crippen LogP contribution is 2.11. The Morgan fingerprint density at radius 2 is 2.13 bits per heavy atom. The van der Waals surface area contributed by atoms with Crippen molar-refractivity contribution in [3.05, 3.63) is 58.9 Å². The summed E-state index contributed by atoms with van der Waals surface area (Å²) >= 11 is 1.64. The summed E-state index contributed by atoms with van der Waals surface area (Å²) in [5.74, 6) is 0.776. The lowest BCUT2D eigenvalue weighted by atomic mass is 10.1. The summed E-state index contributed by atoms with van der Waals surface area (Å²) in [5.41, 5.74) is 3.51. The summed E-state index contributed by atoms with van der Waals surface area (Å²) in [5, 5.41) is 8.64. The third kappa shape index (κ3) is 4.68. The van der Waals surface area contributed by atoms with Crippen molar-refractivity contribution in [3.8, 4) is 0 Å². The van der Waals surface area contributed by atoms with Gasteiger partial charge in [-0.25, -0.2) is 4.98 Å². The molecule has 5 nitrogen and oxygen atoms in total. The molecule has 0 unspecified atom stereocenters. The topological polar surface area (TPSA) is 53.7 Å². The Morgan fingerprint density at radius 1 is 1.30 bits per heavy atom. The van der Waals surface area contributed by atoms with E-state index in [4.69, 9.17) is 0 Å². The van der Waals surface area contributed by atoms with Gasteiger partial charge in [0.1, 0.15) is 0 Å². The van der Waals surface area contributed by atoms with Gasteiger partial charge in [-0.3, -0.25) is 9.39 Å². The average molecular weight is 441 g/mol. The van der Waals surface area contributed by atoms with Gasteiger partial charge in [-0.2, -0.15) is 0 Å². The van der Waals surface area contributed by atoms with Crippen LogP contribution in [0, 0.1) is 6.92 Å². The van der Waals surface area contributed by atoms with E-state index in [1.54, 1.807) is 18.4 Å². The van der Waals surface area contributed by atoms with Crippen molar-refractivity contribution in [2.45, 2.75) is 20.0 Å². The summed E-state index contributed by atoms with van der Waals surface area (Å²) in [6.45, 7) is 3.50. The van der Waals surface area contributed by atoms with Gasteiger partial charge in [0.25, 0.3) is 0 Å². The van der Waals surface area contributed by atoms with Crippen molar-refractivity contribution in [2.24, 2.45) is 4.99 Å². The van der Waals surface area contributed by atoms with Gasteiger partial charge in [0.05, 0.1) is 12.2 Å². The Labute approximate surface area is 156 Å². The fourth-order valence-electron chi connectivity index (χ4n) is 2.26. The monoisotopic (exact) mass is 441 g/mol. The number of imidazole rings is 1. The van der Waals surface area contributed by atoms with Gasteiger partial charge in [0.2, 0.25) is 0 Å². The second kappa shape index (κ2) is 8.30. The average Bonchev–Trinajstić information content (AvgIpc) is 3.08. The van der Waals surface area contributed by atoms with Crippen LogP contribution in [0.3, 0.4) is 0 Å². The van der Waals surface area contributed by atoms with Crippen LogP contribution in [0.4, 0.5) is 0 Å². The Morgan fingerprint density at radius 3 is 2.87 bits per heavy atom.